The molecule has 1 aromatic carbocycles. The fraction of sp³-hybridized carbons (Fsp3) is 0.200. The minimum atomic E-state index is -0.656. The minimum Gasteiger partial charge on any atom is -0.436 e. The Kier molecular flexibility index (Phi) is 2.82. The zero-order chi connectivity index (χ0) is 14.2. The van der Waals surface area contributed by atoms with Crippen LogP contribution in [0.15, 0.2) is 48.7 Å². The number of cyclic esters (lactones) is 1. The Balaban J connectivity index is 1.93. The van der Waals surface area contributed by atoms with Crippen molar-refractivity contribution >= 4 is 17.6 Å². The van der Waals surface area contributed by atoms with Crippen molar-refractivity contribution in [3.63, 3.8) is 0 Å². The summed E-state index contributed by atoms with van der Waals surface area (Å²) in [6.07, 6.45) is 1.21. The van der Waals surface area contributed by atoms with E-state index in [2.05, 4.69) is 4.98 Å². The Labute approximate surface area is 117 Å². The van der Waals surface area contributed by atoms with Crippen LogP contribution in [0.5, 0.6) is 0 Å². The maximum absolute atomic E-state index is 12.1. The Morgan fingerprint density at radius 1 is 1.30 bits per heavy atom. The number of anilines is 2. The number of carbonyl (C=O) groups is 1. The predicted octanol–water partition coefficient (Wildman–Crippen LogP) is 2.54. The van der Waals surface area contributed by atoms with Gasteiger partial charge in [-0.1, -0.05) is 30.3 Å². The lowest BCUT2D eigenvalue weighted by Gasteiger charge is -2.22. The first-order chi connectivity index (χ1) is 9.58. The molecule has 0 aliphatic carbocycles. The average molecular weight is 269 g/mol. The van der Waals surface area contributed by atoms with Crippen LogP contribution in [0.4, 0.5) is 16.3 Å². The van der Waals surface area contributed by atoms with Gasteiger partial charge < -0.3 is 10.5 Å². The summed E-state index contributed by atoms with van der Waals surface area (Å²) in [5.74, 6) is 0.378. The van der Waals surface area contributed by atoms with E-state index in [4.69, 9.17) is 10.5 Å². The summed E-state index contributed by atoms with van der Waals surface area (Å²) in [5.41, 5.74) is 6.67. The molecular formula is C15H15N3O2. The number of rotatable bonds is 2. The highest BCUT2D eigenvalue weighted by atomic mass is 16.6. The van der Waals surface area contributed by atoms with E-state index in [0.29, 0.717) is 18.1 Å². The van der Waals surface area contributed by atoms with Gasteiger partial charge in [-0.3, -0.25) is 4.90 Å². The first kappa shape index (κ1) is 12.5. The van der Waals surface area contributed by atoms with Crippen molar-refractivity contribution in [1.82, 2.24) is 4.98 Å². The molecule has 2 aromatic rings. The van der Waals surface area contributed by atoms with E-state index >= 15 is 0 Å². The lowest BCUT2D eigenvalue weighted by Crippen LogP contribution is -2.29. The molecule has 0 saturated carbocycles. The van der Waals surface area contributed by atoms with Gasteiger partial charge in [-0.05, 0) is 18.6 Å². The van der Waals surface area contributed by atoms with Crippen LogP contribution in [0.1, 0.15) is 12.5 Å². The third-order valence-corrected chi connectivity index (χ3v) is 3.45. The van der Waals surface area contributed by atoms with E-state index in [0.717, 1.165) is 5.56 Å². The summed E-state index contributed by atoms with van der Waals surface area (Å²) < 4.78 is 5.57. The van der Waals surface area contributed by atoms with Crippen molar-refractivity contribution in [3.8, 4) is 0 Å². The van der Waals surface area contributed by atoms with Gasteiger partial charge in [0.05, 0.1) is 12.2 Å². The zero-order valence-electron chi connectivity index (χ0n) is 11.1. The number of nitrogen functional groups attached to an aromatic ring is 1. The van der Waals surface area contributed by atoms with Crippen molar-refractivity contribution in [2.45, 2.75) is 12.5 Å². The second kappa shape index (κ2) is 4.52. The number of carbonyl (C=O) groups excluding carboxylic acids is 1. The molecule has 2 N–H and O–H groups in total. The van der Waals surface area contributed by atoms with Crippen LogP contribution in [-0.2, 0) is 10.3 Å². The summed E-state index contributed by atoms with van der Waals surface area (Å²) >= 11 is 0. The Hall–Kier alpha value is -2.56. The number of ether oxygens (including phenoxy) is 1. The van der Waals surface area contributed by atoms with Gasteiger partial charge in [0.2, 0.25) is 0 Å². The number of amides is 1. The third kappa shape index (κ3) is 2.07. The van der Waals surface area contributed by atoms with Crippen LogP contribution in [0.3, 0.4) is 0 Å². The standard InChI is InChI=1S/C15H15N3O2/c1-15(11-5-3-2-4-6-11)10-18(14(19)20-15)12-7-8-17-13(16)9-12/h2-9H,10H2,1H3,(H2,16,17). The van der Waals surface area contributed by atoms with Gasteiger partial charge >= 0.3 is 6.09 Å². The predicted molar refractivity (Wildman–Crippen MR) is 76.3 cm³/mol. The molecule has 1 saturated heterocycles. The maximum Gasteiger partial charge on any atom is 0.415 e. The monoisotopic (exact) mass is 269 g/mol. The van der Waals surface area contributed by atoms with E-state index in [1.54, 1.807) is 23.2 Å². The molecule has 2 heterocycles. The molecule has 1 fully saturated rings. The molecule has 3 rings (SSSR count). The van der Waals surface area contributed by atoms with Crippen molar-refractivity contribution in [2.75, 3.05) is 17.2 Å². The van der Waals surface area contributed by atoms with Crippen LogP contribution in [0, 0.1) is 0 Å². The fourth-order valence-corrected chi connectivity index (χ4v) is 2.39. The molecule has 0 radical (unpaired) electrons. The zero-order valence-corrected chi connectivity index (χ0v) is 11.1. The highest BCUT2D eigenvalue weighted by Gasteiger charge is 2.43. The molecule has 5 heteroatoms. The van der Waals surface area contributed by atoms with Gasteiger partial charge in [-0.25, -0.2) is 9.78 Å². The molecule has 0 bridgehead atoms. The number of nitrogens with two attached hydrogens (primary N) is 1. The molecule has 20 heavy (non-hydrogen) atoms. The molecular weight excluding hydrogens is 254 g/mol. The average Bonchev–Trinajstić information content (AvgIpc) is 2.77. The minimum absolute atomic E-state index is 0.373. The van der Waals surface area contributed by atoms with Crippen LogP contribution >= 0.6 is 0 Å². The molecule has 5 nitrogen and oxygen atoms in total. The summed E-state index contributed by atoms with van der Waals surface area (Å²) in [6, 6.07) is 13.1. The third-order valence-electron chi connectivity index (χ3n) is 3.45. The first-order valence-corrected chi connectivity index (χ1v) is 6.36. The number of hydrogen-bond acceptors (Lipinski definition) is 4. The molecule has 1 atom stereocenters. The SMILES string of the molecule is CC1(c2ccccc2)CN(c2ccnc(N)c2)C(=O)O1. The Bertz CT molecular complexity index is 645. The summed E-state index contributed by atoms with van der Waals surface area (Å²) in [4.78, 5) is 17.6. The molecule has 1 aliphatic rings. The van der Waals surface area contributed by atoms with Crippen molar-refractivity contribution in [2.24, 2.45) is 0 Å². The number of nitrogens with zero attached hydrogens (tertiary/aromatic N) is 2. The topological polar surface area (TPSA) is 68.5 Å². The van der Waals surface area contributed by atoms with Crippen LogP contribution in [-0.4, -0.2) is 17.6 Å². The Morgan fingerprint density at radius 3 is 2.75 bits per heavy atom. The largest absolute Gasteiger partial charge is 0.436 e. The summed E-state index contributed by atoms with van der Waals surface area (Å²) in [6.45, 7) is 2.35. The van der Waals surface area contributed by atoms with Gasteiger partial charge in [0, 0.05) is 12.3 Å². The molecule has 1 aromatic heterocycles. The number of hydrogen-bond donors (Lipinski definition) is 1. The van der Waals surface area contributed by atoms with Gasteiger partial charge in [-0.2, -0.15) is 0 Å². The van der Waals surface area contributed by atoms with Gasteiger partial charge in [0.15, 0.2) is 5.60 Å². The highest BCUT2D eigenvalue weighted by Crippen LogP contribution is 2.35. The normalized spacial score (nSPS) is 21.9. The van der Waals surface area contributed by atoms with E-state index in [-0.39, 0.29) is 6.09 Å². The lowest BCUT2D eigenvalue weighted by atomic mass is 9.96. The highest BCUT2D eigenvalue weighted by molar-refractivity contribution is 5.90. The lowest BCUT2D eigenvalue weighted by molar-refractivity contribution is 0.0705. The fourth-order valence-electron chi connectivity index (χ4n) is 2.39. The van der Waals surface area contributed by atoms with Crippen molar-refractivity contribution in [3.05, 3.63) is 54.2 Å². The number of benzene rings is 1. The quantitative estimate of drug-likeness (QED) is 0.909. The van der Waals surface area contributed by atoms with Crippen molar-refractivity contribution in [1.29, 1.82) is 0 Å². The van der Waals surface area contributed by atoms with Crippen molar-refractivity contribution < 1.29 is 9.53 Å². The summed E-state index contributed by atoms with van der Waals surface area (Å²) in [7, 11) is 0. The smallest absolute Gasteiger partial charge is 0.415 e. The number of pyridine rings is 1. The molecule has 1 aliphatic heterocycles. The second-order valence-corrected chi connectivity index (χ2v) is 4.99. The number of aromatic nitrogens is 1. The van der Waals surface area contributed by atoms with Gasteiger partial charge in [-0.15, -0.1) is 0 Å². The molecule has 1 unspecified atom stereocenters. The van der Waals surface area contributed by atoms with E-state index in [1.165, 1.54) is 0 Å². The second-order valence-electron chi connectivity index (χ2n) is 4.99. The molecule has 1 amide bonds. The Morgan fingerprint density at radius 2 is 2.05 bits per heavy atom. The van der Waals surface area contributed by atoms with Crippen LogP contribution in [0.2, 0.25) is 0 Å². The van der Waals surface area contributed by atoms with Crippen LogP contribution in [0.25, 0.3) is 0 Å². The van der Waals surface area contributed by atoms with E-state index in [1.807, 2.05) is 37.3 Å². The molecule has 0 spiro atoms. The first-order valence-electron chi connectivity index (χ1n) is 6.36. The summed E-state index contributed by atoms with van der Waals surface area (Å²) in [5, 5.41) is 0. The van der Waals surface area contributed by atoms with Gasteiger partial charge in [0.25, 0.3) is 0 Å². The maximum atomic E-state index is 12.1. The van der Waals surface area contributed by atoms with E-state index in [9.17, 15) is 4.79 Å². The van der Waals surface area contributed by atoms with Crippen LogP contribution < -0.4 is 10.6 Å². The molecule has 102 valence electrons. The van der Waals surface area contributed by atoms with E-state index < -0.39 is 5.60 Å². The van der Waals surface area contributed by atoms with Gasteiger partial charge in [0.1, 0.15) is 5.82 Å².